The normalized spacial score (nSPS) is 36.3. The largest absolute Gasteiger partial charge is 0.481 e. The molecule has 68 valence electrons. The fraction of sp³-hybridized carbons (Fsp3) is 0.889. The number of piperidine rings is 1. The summed E-state index contributed by atoms with van der Waals surface area (Å²) >= 11 is 0. The molecule has 3 heteroatoms. The molecular weight excluding hydrogens is 154 g/mol. The van der Waals surface area contributed by atoms with Gasteiger partial charge in [-0.2, -0.15) is 0 Å². The standard InChI is InChI=1S/C9H15NO2/c11-9(12)8-5-7(8)6-1-3-10-4-2-6/h6-8,10H,1-5H2,(H,11,12). The van der Waals surface area contributed by atoms with Gasteiger partial charge in [-0.05, 0) is 44.2 Å². The van der Waals surface area contributed by atoms with Gasteiger partial charge in [0, 0.05) is 0 Å². The Hall–Kier alpha value is -0.570. The van der Waals surface area contributed by atoms with Gasteiger partial charge in [-0.1, -0.05) is 0 Å². The fourth-order valence-corrected chi connectivity index (χ4v) is 2.29. The summed E-state index contributed by atoms with van der Waals surface area (Å²) in [6, 6.07) is 0. The summed E-state index contributed by atoms with van der Waals surface area (Å²) in [6.45, 7) is 2.15. The molecular formula is C9H15NO2. The molecule has 2 unspecified atom stereocenters. The zero-order valence-corrected chi connectivity index (χ0v) is 7.12. The van der Waals surface area contributed by atoms with Crippen molar-refractivity contribution < 1.29 is 9.90 Å². The predicted molar refractivity (Wildman–Crippen MR) is 44.8 cm³/mol. The van der Waals surface area contributed by atoms with Gasteiger partial charge in [-0.15, -0.1) is 0 Å². The Balaban J connectivity index is 1.83. The van der Waals surface area contributed by atoms with Gasteiger partial charge in [0.15, 0.2) is 0 Å². The van der Waals surface area contributed by atoms with Crippen LogP contribution < -0.4 is 5.32 Å². The molecule has 0 bridgehead atoms. The minimum atomic E-state index is -0.585. The highest BCUT2D eigenvalue weighted by Gasteiger charge is 2.47. The second-order valence-corrected chi connectivity index (χ2v) is 3.93. The third kappa shape index (κ3) is 1.46. The number of aliphatic carboxylic acids is 1. The van der Waals surface area contributed by atoms with Crippen LogP contribution in [0.25, 0.3) is 0 Å². The first-order chi connectivity index (χ1) is 5.79. The van der Waals surface area contributed by atoms with E-state index >= 15 is 0 Å². The average Bonchev–Trinajstić information content (AvgIpc) is 2.84. The molecule has 0 spiro atoms. The molecule has 0 aromatic rings. The fourth-order valence-electron chi connectivity index (χ4n) is 2.29. The van der Waals surface area contributed by atoms with Crippen molar-refractivity contribution in [3.05, 3.63) is 0 Å². The van der Waals surface area contributed by atoms with Crippen molar-refractivity contribution in [2.75, 3.05) is 13.1 Å². The SMILES string of the molecule is O=C(O)C1CC1C1CCNCC1. The van der Waals surface area contributed by atoms with E-state index in [9.17, 15) is 4.79 Å². The Bertz CT molecular complexity index is 187. The molecule has 2 rings (SSSR count). The van der Waals surface area contributed by atoms with Gasteiger partial charge in [0.1, 0.15) is 0 Å². The van der Waals surface area contributed by atoms with Crippen LogP contribution in [0.1, 0.15) is 19.3 Å². The van der Waals surface area contributed by atoms with Crippen molar-refractivity contribution in [3.8, 4) is 0 Å². The lowest BCUT2D eigenvalue weighted by Gasteiger charge is -2.22. The van der Waals surface area contributed by atoms with Crippen LogP contribution in [0.4, 0.5) is 0 Å². The van der Waals surface area contributed by atoms with E-state index in [1.165, 1.54) is 12.8 Å². The van der Waals surface area contributed by atoms with Crippen molar-refractivity contribution in [2.24, 2.45) is 17.8 Å². The van der Waals surface area contributed by atoms with Crippen LogP contribution in [0.2, 0.25) is 0 Å². The van der Waals surface area contributed by atoms with E-state index in [0.717, 1.165) is 19.5 Å². The molecule has 2 atom stereocenters. The number of nitrogens with one attached hydrogen (secondary N) is 1. The molecule has 0 radical (unpaired) electrons. The summed E-state index contributed by atoms with van der Waals surface area (Å²) in [6.07, 6.45) is 3.28. The number of carboxylic acids is 1. The Morgan fingerprint density at radius 2 is 2.00 bits per heavy atom. The molecule has 3 nitrogen and oxygen atoms in total. The maximum Gasteiger partial charge on any atom is 0.306 e. The van der Waals surface area contributed by atoms with Crippen LogP contribution in [0.5, 0.6) is 0 Å². The first-order valence-electron chi connectivity index (χ1n) is 4.72. The van der Waals surface area contributed by atoms with E-state index in [4.69, 9.17) is 5.11 Å². The molecule has 2 N–H and O–H groups in total. The van der Waals surface area contributed by atoms with Crippen LogP contribution in [0.15, 0.2) is 0 Å². The van der Waals surface area contributed by atoms with Crippen LogP contribution in [0.3, 0.4) is 0 Å². The van der Waals surface area contributed by atoms with Gasteiger partial charge in [-0.3, -0.25) is 4.79 Å². The molecule has 1 aliphatic heterocycles. The third-order valence-corrected chi connectivity index (χ3v) is 3.15. The number of rotatable bonds is 2. The molecule has 0 aromatic heterocycles. The van der Waals surface area contributed by atoms with Gasteiger partial charge < -0.3 is 10.4 Å². The molecule has 1 aliphatic carbocycles. The van der Waals surface area contributed by atoms with E-state index in [1.54, 1.807) is 0 Å². The lowest BCUT2D eigenvalue weighted by Crippen LogP contribution is -2.29. The highest BCUT2D eigenvalue weighted by Crippen LogP contribution is 2.47. The molecule has 1 saturated heterocycles. The van der Waals surface area contributed by atoms with E-state index in [-0.39, 0.29) is 5.92 Å². The van der Waals surface area contributed by atoms with E-state index in [1.807, 2.05) is 0 Å². The second kappa shape index (κ2) is 3.05. The first kappa shape index (κ1) is 8.05. The van der Waals surface area contributed by atoms with Crippen LogP contribution in [-0.2, 0) is 4.79 Å². The summed E-state index contributed by atoms with van der Waals surface area (Å²) in [7, 11) is 0. The predicted octanol–water partition coefficient (Wildman–Crippen LogP) is 0.707. The van der Waals surface area contributed by atoms with Gasteiger partial charge in [0.05, 0.1) is 5.92 Å². The number of carbonyl (C=O) groups is 1. The highest BCUT2D eigenvalue weighted by molar-refractivity contribution is 5.73. The molecule has 1 saturated carbocycles. The Morgan fingerprint density at radius 3 is 2.50 bits per heavy atom. The first-order valence-corrected chi connectivity index (χ1v) is 4.72. The van der Waals surface area contributed by atoms with Crippen molar-refractivity contribution in [1.82, 2.24) is 5.32 Å². The number of hydrogen-bond donors (Lipinski definition) is 2. The second-order valence-electron chi connectivity index (χ2n) is 3.93. The van der Waals surface area contributed by atoms with Gasteiger partial charge in [0.2, 0.25) is 0 Å². The Morgan fingerprint density at radius 1 is 1.33 bits per heavy atom. The lowest BCUT2D eigenvalue weighted by atomic mass is 9.92. The summed E-state index contributed by atoms with van der Waals surface area (Å²) in [5.74, 6) is 0.601. The maximum atomic E-state index is 10.6. The summed E-state index contributed by atoms with van der Waals surface area (Å²) < 4.78 is 0. The molecule has 0 aromatic carbocycles. The average molecular weight is 169 g/mol. The van der Waals surface area contributed by atoms with Crippen molar-refractivity contribution in [3.63, 3.8) is 0 Å². The van der Waals surface area contributed by atoms with Crippen molar-refractivity contribution >= 4 is 5.97 Å². The maximum absolute atomic E-state index is 10.6. The summed E-state index contributed by atoms with van der Waals surface area (Å²) in [5, 5.41) is 12.0. The van der Waals surface area contributed by atoms with Crippen molar-refractivity contribution in [2.45, 2.75) is 19.3 Å². The van der Waals surface area contributed by atoms with Crippen molar-refractivity contribution in [1.29, 1.82) is 0 Å². The minimum Gasteiger partial charge on any atom is -0.481 e. The van der Waals surface area contributed by atoms with Crippen LogP contribution in [-0.4, -0.2) is 24.2 Å². The van der Waals surface area contributed by atoms with Gasteiger partial charge >= 0.3 is 5.97 Å². The van der Waals surface area contributed by atoms with Gasteiger partial charge in [-0.25, -0.2) is 0 Å². The topological polar surface area (TPSA) is 49.3 Å². The minimum absolute atomic E-state index is 0.00639. The monoisotopic (exact) mass is 169 g/mol. The number of hydrogen-bond acceptors (Lipinski definition) is 2. The molecule has 2 aliphatic rings. The van der Waals surface area contributed by atoms with E-state index < -0.39 is 5.97 Å². The van der Waals surface area contributed by atoms with Gasteiger partial charge in [0.25, 0.3) is 0 Å². The zero-order valence-electron chi connectivity index (χ0n) is 7.12. The smallest absolute Gasteiger partial charge is 0.306 e. The molecule has 12 heavy (non-hydrogen) atoms. The van der Waals surface area contributed by atoms with Crippen LogP contribution in [0, 0.1) is 17.8 Å². The zero-order chi connectivity index (χ0) is 8.55. The van der Waals surface area contributed by atoms with Crippen LogP contribution >= 0.6 is 0 Å². The van der Waals surface area contributed by atoms with E-state index in [2.05, 4.69) is 5.32 Å². The molecule has 2 fully saturated rings. The summed E-state index contributed by atoms with van der Waals surface area (Å²) in [5.41, 5.74) is 0. The lowest BCUT2D eigenvalue weighted by molar-refractivity contribution is -0.139. The third-order valence-electron chi connectivity index (χ3n) is 3.15. The Kier molecular flexibility index (Phi) is 2.05. The Labute approximate surface area is 72.2 Å². The summed E-state index contributed by atoms with van der Waals surface area (Å²) in [4.78, 5) is 10.6. The highest BCUT2D eigenvalue weighted by atomic mass is 16.4. The molecule has 0 amide bonds. The molecule has 1 heterocycles. The number of carboxylic acid groups (broad SMARTS) is 1. The quantitative estimate of drug-likeness (QED) is 0.640. The van der Waals surface area contributed by atoms with E-state index in [0.29, 0.717) is 11.8 Å².